The van der Waals surface area contributed by atoms with Crippen molar-refractivity contribution < 1.29 is 19.1 Å². The van der Waals surface area contributed by atoms with Crippen LogP contribution in [0.25, 0.3) is 10.1 Å². The summed E-state index contributed by atoms with van der Waals surface area (Å²) in [5, 5.41) is 6.62. The van der Waals surface area contributed by atoms with Gasteiger partial charge in [-0.2, -0.15) is 0 Å². The van der Waals surface area contributed by atoms with E-state index < -0.39 is 17.4 Å². The molecule has 6 rings (SSSR count). The van der Waals surface area contributed by atoms with E-state index in [-0.39, 0.29) is 23.9 Å². The van der Waals surface area contributed by atoms with Gasteiger partial charge in [0.15, 0.2) is 5.78 Å². The highest BCUT2D eigenvalue weighted by Crippen LogP contribution is 2.49. The molecule has 1 fully saturated rings. The number of para-hydroxylation sites is 1. The van der Waals surface area contributed by atoms with E-state index in [2.05, 4.69) is 22.2 Å². The van der Waals surface area contributed by atoms with Crippen LogP contribution in [0.4, 0.5) is 5.69 Å². The average molecular weight is 597 g/mol. The molecule has 220 valence electrons. The van der Waals surface area contributed by atoms with Crippen molar-refractivity contribution in [3.63, 3.8) is 0 Å². The molecule has 0 saturated heterocycles. The number of benzene rings is 2. The van der Waals surface area contributed by atoms with Gasteiger partial charge in [0.2, 0.25) is 11.8 Å². The van der Waals surface area contributed by atoms with E-state index in [1.54, 1.807) is 24.3 Å². The van der Waals surface area contributed by atoms with Crippen LogP contribution in [0.15, 0.2) is 73.4 Å². The van der Waals surface area contributed by atoms with Crippen molar-refractivity contribution in [2.45, 2.75) is 49.3 Å². The molecule has 0 radical (unpaired) electrons. The van der Waals surface area contributed by atoms with Crippen molar-refractivity contribution >= 4 is 44.7 Å². The first-order valence-corrected chi connectivity index (χ1v) is 14.9. The highest BCUT2D eigenvalue weighted by atomic mass is 32.1. The Balaban J connectivity index is 1.37. The first kappa shape index (κ1) is 28.5. The predicted molar refractivity (Wildman–Crippen MR) is 166 cm³/mol. The van der Waals surface area contributed by atoms with Gasteiger partial charge in [0, 0.05) is 46.5 Å². The summed E-state index contributed by atoms with van der Waals surface area (Å²) in [4.78, 5) is 44.6. The molecule has 43 heavy (non-hydrogen) atoms. The third-order valence-corrected chi connectivity index (χ3v) is 9.53. The molecule has 2 aromatic carbocycles. The Morgan fingerprint density at radius 1 is 1.05 bits per heavy atom. The second-order valence-corrected chi connectivity index (χ2v) is 11.9. The fourth-order valence-electron chi connectivity index (χ4n) is 6.08. The van der Waals surface area contributed by atoms with Crippen molar-refractivity contribution in [2.75, 3.05) is 5.73 Å². The normalized spacial score (nSPS) is 23.0. The zero-order chi connectivity index (χ0) is 30.3. The Bertz CT molecular complexity index is 1740. The molecule has 2 aromatic heterocycles. The fraction of sp³-hybridized carbons (Fsp3) is 0.250. The monoisotopic (exact) mass is 596 g/mol. The van der Waals surface area contributed by atoms with Gasteiger partial charge in [-0.1, -0.05) is 43.7 Å². The summed E-state index contributed by atoms with van der Waals surface area (Å²) >= 11 is 1.19. The standard InChI is InChI=1S/C32H32N6O4S/c1-2-23(39)37-21-10-6-7-11-22(21)38-31(41)29-26-25-19(13-14-20(33)28(25)43-29)32(35,30(40)27(26)34)17-12-15-24(36-16-17)42-18-8-4-3-5-9-18/h2-5,8-9,12-16,21-22,27H,1,6-7,10-11,33-35H2,(H,37,39)(H,38,41)/t21-,22-,27?,32?/m1/s1. The number of nitrogen functional groups attached to an aromatic ring is 1. The van der Waals surface area contributed by atoms with Gasteiger partial charge < -0.3 is 32.6 Å². The van der Waals surface area contributed by atoms with Crippen molar-refractivity contribution in [1.82, 2.24) is 15.6 Å². The maximum Gasteiger partial charge on any atom is 0.262 e. The number of hydrogen-bond donors (Lipinski definition) is 5. The zero-order valence-electron chi connectivity index (χ0n) is 23.3. The van der Waals surface area contributed by atoms with E-state index in [1.165, 1.54) is 23.6 Å². The van der Waals surface area contributed by atoms with Crippen LogP contribution < -0.4 is 32.6 Å². The number of ether oxygens (including phenoxy) is 1. The lowest BCUT2D eigenvalue weighted by atomic mass is 9.71. The molecule has 2 aliphatic carbocycles. The number of thiophene rings is 1. The van der Waals surface area contributed by atoms with E-state index in [0.29, 0.717) is 55.4 Å². The van der Waals surface area contributed by atoms with Gasteiger partial charge in [-0.25, -0.2) is 4.98 Å². The molecular formula is C32H32N6O4S. The van der Waals surface area contributed by atoms with Gasteiger partial charge in [0.25, 0.3) is 5.91 Å². The van der Waals surface area contributed by atoms with E-state index in [4.69, 9.17) is 21.9 Å². The molecule has 0 spiro atoms. The van der Waals surface area contributed by atoms with Crippen LogP contribution in [0.5, 0.6) is 11.6 Å². The van der Waals surface area contributed by atoms with Crippen LogP contribution in [0, 0.1) is 0 Å². The number of carbonyl (C=O) groups is 3. The highest BCUT2D eigenvalue weighted by molar-refractivity contribution is 7.21. The van der Waals surface area contributed by atoms with Crippen molar-refractivity contribution in [3.8, 4) is 11.6 Å². The van der Waals surface area contributed by atoms with E-state index in [9.17, 15) is 14.4 Å². The topological polar surface area (TPSA) is 175 Å². The SMILES string of the molecule is C=CC(=O)N[C@@H]1CCCC[C@H]1NC(=O)c1sc2c(N)ccc3c2c1C(N)C(=O)C3(N)c1ccc(Oc2ccccc2)nc1. The lowest BCUT2D eigenvalue weighted by Crippen LogP contribution is -2.54. The largest absolute Gasteiger partial charge is 0.439 e. The maximum atomic E-state index is 14.1. The highest BCUT2D eigenvalue weighted by Gasteiger charge is 2.49. The molecule has 4 aromatic rings. The molecule has 2 unspecified atom stereocenters. The Kier molecular flexibility index (Phi) is 7.47. The summed E-state index contributed by atoms with van der Waals surface area (Å²) in [7, 11) is 0. The van der Waals surface area contributed by atoms with Gasteiger partial charge in [0.05, 0.1) is 15.6 Å². The van der Waals surface area contributed by atoms with Crippen molar-refractivity contribution in [1.29, 1.82) is 0 Å². The van der Waals surface area contributed by atoms with Crippen LogP contribution >= 0.6 is 11.3 Å². The molecule has 8 N–H and O–H groups in total. The number of amides is 2. The smallest absolute Gasteiger partial charge is 0.262 e. The molecular weight excluding hydrogens is 564 g/mol. The number of carbonyl (C=O) groups excluding carboxylic acids is 3. The summed E-state index contributed by atoms with van der Waals surface area (Å²) in [6, 6.07) is 14.3. The number of nitrogens with two attached hydrogens (primary N) is 3. The van der Waals surface area contributed by atoms with E-state index in [1.807, 2.05) is 30.3 Å². The number of aromatic nitrogens is 1. The summed E-state index contributed by atoms with van der Waals surface area (Å²) in [5.74, 6) is -0.165. The molecule has 2 aliphatic rings. The molecule has 10 nitrogen and oxygen atoms in total. The lowest BCUT2D eigenvalue weighted by Gasteiger charge is -2.36. The van der Waals surface area contributed by atoms with Crippen LogP contribution in [-0.2, 0) is 15.1 Å². The number of rotatable bonds is 7. The zero-order valence-corrected chi connectivity index (χ0v) is 24.2. The minimum absolute atomic E-state index is 0.233. The molecule has 1 saturated carbocycles. The summed E-state index contributed by atoms with van der Waals surface area (Å²) < 4.78 is 6.44. The second-order valence-electron chi connectivity index (χ2n) is 10.9. The molecule has 2 amide bonds. The Morgan fingerprint density at radius 3 is 2.44 bits per heavy atom. The minimum Gasteiger partial charge on any atom is -0.439 e. The van der Waals surface area contributed by atoms with Crippen LogP contribution in [0.1, 0.15) is 58.1 Å². The predicted octanol–water partition coefficient (Wildman–Crippen LogP) is 3.80. The Hall–Kier alpha value is -4.58. The number of nitrogens with one attached hydrogen (secondary N) is 2. The van der Waals surface area contributed by atoms with Gasteiger partial charge in [0.1, 0.15) is 11.3 Å². The Morgan fingerprint density at radius 2 is 1.77 bits per heavy atom. The van der Waals surface area contributed by atoms with E-state index in [0.717, 1.165) is 19.3 Å². The molecule has 0 bridgehead atoms. The number of Topliss-reactive ketones (excluding diaryl/α,β-unsaturated/α-hetero) is 1. The van der Waals surface area contributed by atoms with Crippen molar-refractivity contribution in [2.24, 2.45) is 11.5 Å². The summed E-state index contributed by atoms with van der Waals surface area (Å²) in [6.07, 6.45) is 6.02. The number of nitrogens with zero attached hydrogens (tertiary/aromatic N) is 1. The molecule has 4 atom stereocenters. The number of hydrogen-bond acceptors (Lipinski definition) is 9. The first-order chi connectivity index (χ1) is 20.7. The number of ketones is 1. The van der Waals surface area contributed by atoms with Crippen molar-refractivity contribution in [3.05, 3.63) is 95.0 Å². The third kappa shape index (κ3) is 4.95. The van der Waals surface area contributed by atoms with Crippen LogP contribution in [-0.4, -0.2) is 34.7 Å². The van der Waals surface area contributed by atoms with Gasteiger partial charge in [-0.3, -0.25) is 14.4 Å². The summed E-state index contributed by atoms with van der Waals surface area (Å²) in [5.41, 5.74) is 20.1. The Labute approximate surface area is 252 Å². The second kappa shape index (κ2) is 11.3. The maximum absolute atomic E-state index is 14.1. The summed E-state index contributed by atoms with van der Waals surface area (Å²) in [6.45, 7) is 3.52. The quantitative estimate of drug-likeness (QED) is 0.158. The van der Waals surface area contributed by atoms with E-state index >= 15 is 0 Å². The first-order valence-electron chi connectivity index (χ1n) is 14.1. The minimum atomic E-state index is -1.63. The van der Waals surface area contributed by atoms with Crippen LogP contribution in [0.2, 0.25) is 0 Å². The molecule has 0 aliphatic heterocycles. The third-order valence-electron chi connectivity index (χ3n) is 8.27. The lowest BCUT2D eigenvalue weighted by molar-refractivity contribution is -0.124. The van der Waals surface area contributed by atoms with Gasteiger partial charge >= 0.3 is 0 Å². The average Bonchev–Trinajstić information content (AvgIpc) is 3.43. The van der Waals surface area contributed by atoms with Crippen LogP contribution in [0.3, 0.4) is 0 Å². The molecule has 11 heteroatoms. The fourth-order valence-corrected chi connectivity index (χ4v) is 7.29. The van der Waals surface area contributed by atoms with Gasteiger partial charge in [-0.05, 0) is 48.7 Å². The number of pyridine rings is 1. The molecule has 2 heterocycles. The number of anilines is 1. The van der Waals surface area contributed by atoms with Gasteiger partial charge in [-0.15, -0.1) is 11.3 Å².